The van der Waals surface area contributed by atoms with Crippen LogP contribution in [0.15, 0.2) is 12.1 Å². The van der Waals surface area contributed by atoms with Gasteiger partial charge in [-0.25, -0.2) is 0 Å². The van der Waals surface area contributed by atoms with Crippen LogP contribution >= 0.6 is 11.6 Å². The molecule has 3 amide bonds. The molecule has 2 aliphatic carbocycles. The lowest BCUT2D eigenvalue weighted by atomic mass is 9.72. The summed E-state index contributed by atoms with van der Waals surface area (Å²) < 4.78 is 5.50. The zero-order valence-corrected chi connectivity index (χ0v) is 23.7. The molecule has 1 saturated carbocycles. The first-order chi connectivity index (χ1) is 18.5. The van der Waals surface area contributed by atoms with E-state index in [0.717, 1.165) is 43.4 Å². The van der Waals surface area contributed by atoms with Crippen LogP contribution in [-0.2, 0) is 20.7 Å². The van der Waals surface area contributed by atoms with E-state index in [4.69, 9.17) is 16.3 Å². The number of ether oxygens (including phenoxy) is 1. The van der Waals surface area contributed by atoms with Crippen molar-refractivity contribution >= 4 is 35.1 Å². The summed E-state index contributed by atoms with van der Waals surface area (Å²) in [5.41, 5.74) is 1.63. The third kappa shape index (κ3) is 5.54. The molecule has 1 aromatic rings. The molecule has 0 radical (unpaired) electrons. The van der Waals surface area contributed by atoms with Crippen LogP contribution in [0.5, 0.6) is 0 Å². The Morgan fingerprint density at radius 3 is 2.67 bits per heavy atom. The molecule has 5 rings (SSSR count). The molecule has 1 aromatic heterocycles. The van der Waals surface area contributed by atoms with Crippen LogP contribution in [0, 0.1) is 22.7 Å². The molecule has 4 aliphatic rings. The van der Waals surface area contributed by atoms with Gasteiger partial charge in [0.15, 0.2) is 0 Å². The van der Waals surface area contributed by atoms with Crippen molar-refractivity contribution in [2.24, 2.45) is 11.3 Å². The molecular weight excluding hydrogens is 518 g/mol. The summed E-state index contributed by atoms with van der Waals surface area (Å²) in [5.74, 6) is -0.367. The van der Waals surface area contributed by atoms with E-state index in [-0.39, 0.29) is 46.4 Å². The van der Waals surface area contributed by atoms with Gasteiger partial charge in [-0.05, 0) is 63.5 Å². The molecule has 2 saturated heterocycles. The molecule has 2 unspecified atom stereocenters. The summed E-state index contributed by atoms with van der Waals surface area (Å²) in [6, 6.07) is 2.47. The molecule has 210 valence electrons. The monoisotopic (exact) mass is 555 g/mol. The van der Waals surface area contributed by atoms with Gasteiger partial charge < -0.3 is 25.3 Å². The smallest absolute Gasteiger partial charge is 0.270 e. The maximum Gasteiger partial charge on any atom is 0.270 e. The lowest BCUT2D eigenvalue weighted by molar-refractivity contribution is -0.126. The number of rotatable bonds is 6. The van der Waals surface area contributed by atoms with Crippen LogP contribution in [-0.4, -0.2) is 64.3 Å². The zero-order valence-electron chi connectivity index (χ0n) is 22.9. The minimum atomic E-state index is -0.810. The second kappa shape index (κ2) is 10.5. The minimum Gasteiger partial charge on any atom is -0.496 e. The van der Waals surface area contributed by atoms with Crippen molar-refractivity contribution in [3.63, 3.8) is 0 Å². The van der Waals surface area contributed by atoms with E-state index >= 15 is 0 Å². The van der Waals surface area contributed by atoms with E-state index in [1.165, 1.54) is 0 Å². The van der Waals surface area contributed by atoms with Gasteiger partial charge in [-0.15, -0.1) is 11.6 Å². The van der Waals surface area contributed by atoms with Gasteiger partial charge >= 0.3 is 0 Å². The molecule has 1 spiro atoms. The first-order valence-electron chi connectivity index (χ1n) is 14.0. The standard InChI is InChI=1S/C29H38ClN5O4/c1-28(2)13-17(25(36)34-28)9-19(15-31)32-26(37)23-14-29(7-5-4-6-8-29)16-35(23)27(38)22-12-20-21(33-22)10-18(30)11-24(20)39-3/h11-12,17-19,23,33H,4-10,13-14,16H2,1-3H3,(H,32,37)(H,34,36)/t17-,18?,19+,23?/m1/s1. The number of halogens is 1. The second-order valence-corrected chi connectivity index (χ2v) is 13.0. The molecule has 3 heterocycles. The van der Waals surface area contributed by atoms with Crippen molar-refractivity contribution in [1.82, 2.24) is 20.5 Å². The highest BCUT2D eigenvalue weighted by Gasteiger charge is 2.50. The number of H-pyrrole nitrogens is 1. The van der Waals surface area contributed by atoms with Gasteiger partial charge in [0.05, 0.1) is 18.6 Å². The number of nitrogens with one attached hydrogen (secondary N) is 3. The summed E-state index contributed by atoms with van der Waals surface area (Å²) in [6.45, 7) is 4.41. The number of fused-ring (bicyclic) bond motifs is 1. The maximum atomic E-state index is 13.9. The number of carbonyl (C=O) groups is 3. The van der Waals surface area contributed by atoms with Gasteiger partial charge in [0.2, 0.25) is 11.8 Å². The van der Waals surface area contributed by atoms with Crippen molar-refractivity contribution in [3.05, 3.63) is 29.1 Å². The van der Waals surface area contributed by atoms with Crippen LogP contribution in [0.25, 0.3) is 5.76 Å². The summed E-state index contributed by atoms with van der Waals surface area (Å²) >= 11 is 6.37. The number of nitrogens with zero attached hydrogens (tertiary/aromatic N) is 2. The minimum absolute atomic E-state index is 0.0901. The highest BCUT2D eigenvalue weighted by Crippen LogP contribution is 2.47. The number of allylic oxidation sites excluding steroid dienone is 1. The fourth-order valence-electron chi connectivity index (χ4n) is 7.08. The summed E-state index contributed by atoms with van der Waals surface area (Å²) in [6.07, 6.45) is 9.11. The van der Waals surface area contributed by atoms with Crippen LogP contribution in [0.2, 0.25) is 0 Å². The topological polar surface area (TPSA) is 127 Å². The molecule has 3 N–H and O–H groups in total. The zero-order chi connectivity index (χ0) is 27.9. The number of carbonyl (C=O) groups excluding carboxylic acids is 3. The summed E-state index contributed by atoms with van der Waals surface area (Å²) in [4.78, 5) is 45.0. The largest absolute Gasteiger partial charge is 0.496 e. The van der Waals surface area contributed by atoms with Crippen molar-refractivity contribution in [2.75, 3.05) is 13.7 Å². The number of alkyl halides is 1. The quantitative estimate of drug-likeness (QED) is 0.462. The summed E-state index contributed by atoms with van der Waals surface area (Å²) in [5, 5.41) is 15.4. The highest BCUT2D eigenvalue weighted by atomic mass is 35.5. The fraction of sp³-hybridized carbons (Fsp3) is 0.655. The summed E-state index contributed by atoms with van der Waals surface area (Å²) in [7, 11) is 1.58. The Kier molecular flexibility index (Phi) is 7.45. The molecule has 2 aliphatic heterocycles. The van der Waals surface area contributed by atoms with E-state index < -0.39 is 12.1 Å². The first kappa shape index (κ1) is 27.6. The molecule has 0 bridgehead atoms. The number of aromatic amines is 1. The molecule has 39 heavy (non-hydrogen) atoms. The maximum absolute atomic E-state index is 13.9. The van der Waals surface area contributed by atoms with Gasteiger partial charge in [0, 0.05) is 35.7 Å². The van der Waals surface area contributed by atoms with Gasteiger partial charge in [-0.1, -0.05) is 19.3 Å². The van der Waals surface area contributed by atoms with Crippen LogP contribution < -0.4 is 10.6 Å². The van der Waals surface area contributed by atoms with Crippen molar-refractivity contribution in [1.29, 1.82) is 5.26 Å². The molecule has 10 heteroatoms. The Morgan fingerprint density at radius 1 is 1.28 bits per heavy atom. The number of amides is 3. The number of methoxy groups -OCH3 is 1. The second-order valence-electron chi connectivity index (χ2n) is 12.4. The fourth-order valence-corrected chi connectivity index (χ4v) is 7.35. The Bertz CT molecular complexity index is 1220. The van der Waals surface area contributed by atoms with Crippen LogP contribution in [0.1, 0.15) is 87.0 Å². The number of likely N-dealkylation sites (tertiary alicyclic amines) is 1. The predicted octanol–water partition coefficient (Wildman–Crippen LogP) is 3.64. The van der Waals surface area contributed by atoms with E-state index in [1.807, 2.05) is 19.9 Å². The van der Waals surface area contributed by atoms with Gasteiger partial charge in [-0.2, -0.15) is 5.26 Å². The van der Waals surface area contributed by atoms with E-state index in [1.54, 1.807) is 18.1 Å². The van der Waals surface area contributed by atoms with Gasteiger partial charge in [0.25, 0.3) is 5.91 Å². The SMILES string of the molecule is COC1=CC(Cl)Cc2[nH]c(C(=O)N3CC4(CCCCC4)CC3C(=O)N[C@H](C#N)C[C@@H]3CC(C)(C)NC3=O)cc21. The van der Waals surface area contributed by atoms with Crippen LogP contribution in [0.4, 0.5) is 0 Å². The lowest BCUT2D eigenvalue weighted by Crippen LogP contribution is -2.49. The Morgan fingerprint density at radius 2 is 2.03 bits per heavy atom. The van der Waals surface area contributed by atoms with Crippen molar-refractivity contribution in [3.8, 4) is 6.07 Å². The molecular formula is C29H38ClN5O4. The lowest BCUT2D eigenvalue weighted by Gasteiger charge is -2.32. The highest BCUT2D eigenvalue weighted by molar-refractivity contribution is 6.22. The van der Waals surface area contributed by atoms with Crippen molar-refractivity contribution in [2.45, 2.75) is 94.6 Å². The number of nitriles is 1. The Hall–Kier alpha value is -2.99. The van der Waals surface area contributed by atoms with E-state index in [2.05, 4.69) is 21.7 Å². The predicted molar refractivity (Wildman–Crippen MR) is 147 cm³/mol. The molecule has 4 atom stereocenters. The number of hydrogen-bond acceptors (Lipinski definition) is 5. The molecule has 0 aromatic carbocycles. The molecule has 3 fully saturated rings. The average molecular weight is 556 g/mol. The van der Waals surface area contributed by atoms with Gasteiger partial charge in [-0.3, -0.25) is 14.4 Å². The molecule has 9 nitrogen and oxygen atoms in total. The van der Waals surface area contributed by atoms with E-state index in [9.17, 15) is 19.6 Å². The number of hydrogen-bond donors (Lipinski definition) is 3. The number of aromatic nitrogens is 1. The Balaban J connectivity index is 1.36. The van der Waals surface area contributed by atoms with Crippen LogP contribution in [0.3, 0.4) is 0 Å². The van der Waals surface area contributed by atoms with Gasteiger partial charge in [0.1, 0.15) is 23.5 Å². The third-order valence-electron chi connectivity index (χ3n) is 8.91. The average Bonchev–Trinajstić information content (AvgIpc) is 3.56. The Labute approximate surface area is 234 Å². The third-order valence-corrected chi connectivity index (χ3v) is 9.19. The normalized spacial score (nSPS) is 27.8. The van der Waals surface area contributed by atoms with Crippen molar-refractivity contribution < 1.29 is 19.1 Å². The van der Waals surface area contributed by atoms with E-state index in [0.29, 0.717) is 37.3 Å². The first-order valence-corrected chi connectivity index (χ1v) is 14.4.